The molecule has 0 amide bonds. The number of methoxy groups -OCH3 is 2. The summed E-state index contributed by atoms with van der Waals surface area (Å²) in [5.41, 5.74) is 0.335. The molecule has 1 aromatic carbocycles. The maximum Gasteiger partial charge on any atom is 0.360 e. The second-order valence-corrected chi connectivity index (χ2v) is 7.20. The summed E-state index contributed by atoms with van der Waals surface area (Å²) < 4.78 is 41.4. The van der Waals surface area contributed by atoms with Crippen LogP contribution in [-0.2, 0) is 33.9 Å². The van der Waals surface area contributed by atoms with E-state index in [-0.39, 0.29) is 29.9 Å². The molecule has 0 spiro atoms. The summed E-state index contributed by atoms with van der Waals surface area (Å²) >= 11 is 0. The number of ether oxygens (including phenoxy) is 3. The standard InChI is InChI=1S/C16H22N2O7S/c1-22-10-8-17-26(20,21)14-5-3-12(4-6-14)15(16(19)23-2)18-25-13-7-9-24-11-13/h3-6,13,17H,7-11H2,1-2H3/t13-/m1/s1. The Morgan fingerprint density at radius 3 is 2.62 bits per heavy atom. The fourth-order valence-corrected chi connectivity index (χ4v) is 3.19. The predicted octanol–water partition coefficient (Wildman–Crippen LogP) is 0.294. The molecule has 9 nitrogen and oxygen atoms in total. The van der Waals surface area contributed by atoms with Crippen molar-refractivity contribution >= 4 is 21.7 Å². The Balaban J connectivity index is 2.16. The molecule has 1 atom stereocenters. The van der Waals surface area contributed by atoms with E-state index in [1.54, 1.807) is 0 Å². The van der Waals surface area contributed by atoms with Crippen molar-refractivity contribution in [1.82, 2.24) is 4.72 Å². The molecule has 1 N–H and O–H groups in total. The van der Waals surface area contributed by atoms with Gasteiger partial charge in [-0.15, -0.1) is 0 Å². The van der Waals surface area contributed by atoms with Gasteiger partial charge in [0.2, 0.25) is 10.0 Å². The summed E-state index contributed by atoms with van der Waals surface area (Å²) in [4.78, 5) is 17.3. The number of carbonyl (C=O) groups excluding carboxylic acids is 1. The third kappa shape index (κ3) is 5.49. The normalized spacial score (nSPS) is 17.9. The number of nitrogens with zero attached hydrogens (tertiary/aromatic N) is 1. The molecule has 26 heavy (non-hydrogen) atoms. The van der Waals surface area contributed by atoms with Crippen LogP contribution in [0.1, 0.15) is 12.0 Å². The Morgan fingerprint density at radius 1 is 1.31 bits per heavy atom. The van der Waals surface area contributed by atoms with Gasteiger partial charge in [-0.1, -0.05) is 17.3 Å². The van der Waals surface area contributed by atoms with Gasteiger partial charge in [-0.3, -0.25) is 0 Å². The summed E-state index contributed by atoms with van der Waals surface area (Å²) in [5.74, 6) is -0.683. The minimum Gasteiger partial charge on any atom is -0.464 e. The fraction of sp³-hybridized carbons (Fsp3) is 0.500. The third-order valence-electron chi connectivity index (χ3n) is 3.60. The molecule has 0 radical (unpaired) electrons. The quantitative estimate of drug-likeness (QED) is 0.281. The molecule has 0 aromatic heterocycles. The van der Waals surface area contributed by atoms with E-state index < -0.39 is 16.0 Å². The van der Waals surface area contributed by atoms with Crippen LogP contribution in [0.25, 0.3) is 0 Å². The van der Waals surface area contributed by atoms with Crippen molar-refractivity contribution in [2.24, 2.45) is 5.16 Å². The van der Waals surface area contributed by atoms with E-state index in [2.05, 4.69) is 9.88 Å². The molecule has 1 aliphatic heterocycles. The zero-order chi connectivity index (χ0) is 19.0. The van der Waals surface area contributed by atoms with Crippen molar-refractivity contribution in [3.63, 3.8) is 0 Å². The average molecular weight is 386 g/mol. The molecule has 0 aliphatic carbocycles. The molecule has 0 bridgehead atoms. The predicted molar refractivity (Wildman–Crippen MR) is 92.4 cm³/mol. The monoisotopic (exact) mass is 386 g/mol. The number of hydrogen-bond donors (Lipinski definition) is 1. The molecule has 0 saturated carbocycles. The van der Waals surface area contributed by atoms with Crippen LogP contribution in [0.15, 0.2) is 34.3 Å². The van der Waals surface area contributed by atoms with Crippen LogP contribution in [0.3, 0.4) is 0 Å². The van der Waals surface area contributed by atoms with E-state index in [1.807, 2.05) is 0 Å². The molecule has 1 heterocycles. The SMILES string of the molecule is COCCNS(=O)(=O)c1ccc(C(=NO[C@@H]2CCOC2)C(=O)OC)cc1. The Hall–Kier alpha value is -2.01. The molecule has 1 aromatic rings. The number of hydrogen-bond acceptors (Lipinski definition) is 8. The average Bonchev–Trinajstić information content (AvgIpc) is 3.15. The van der Waals surface area contributed by atoms with Gasteiger partial charge in [0.25, 0.3) is 0 Å². The second kappa shape index (κ2) is 9.62. The first-order valence-corrected chi connectivity index (χ1v) is 9.45. The highest BCUT2D eigenvalue weighted by molar-refractivity contribution is 7.89. The topological polar surface area (TPSA) is 113 Å². The van der Waals surface area contributed by atoms with Gasteiger partial charge in [0.1, 0.15) is 0 Å². The van der Waals surface area contributed by atoms with E-state index in [0.29, 0.717) is 25.2 Å². The Kier molecular flexibility index (Phi) is 7.51. The number of esters is 1. The summed E-state index contributed by atoms with van der Waals surface area (Å²) in [6.45, 7) is 1.41. The van der Waals surface area contributed by atoms with Crippen LogP contribution in [0.4, 0.5) is 0 Å². The van der Waals surface area contributed by atoms with E-state index in [4.69, 9.17) is 19.0 Å². The number of oxime groups is 1. The van der Waals surface area contributed by atoms with Crippen LogP contribution in [0, 0.1) is 0 Å². The summed E-state index contributed by atoms with van der Waals surface area (Å²) in [7, 11) is -0.946. The molecule has 2 rings (SSSR count). The van der Waals surface area contributed by atoms with Crippen LogP contribution in [0.2, 0.25) is 0 Å². The highest BCUT2D eigenvalue weighted by Crippen LogP contribution is 2.14. The van der Waals surface area contributed by atoms with E-state index in [1.165, 1.54) is 38.5 Å². The Bertz CT molecular complexity index is 725. The third-order valence-corrected chi connectivity index (χ3v) is 5.07. The Morgan fingerprint density at radius 2 is 2.04 bits per heavy atom. The number of sulfonamides is 1. The lowest BCUT2D eigenvalue weighted by molar-refractivity contribution is -0.132. The van der Waals surface area contributed by atoms with E-state index >= 15 is 0 Å². The van der Waals surface area contributed by atoms with Crippen LogP contribution in [0.5, 0.6) is 0 Å². The van der Waals surface area contributed by atoms with Crippen molar-refractivity contribution in [3.05, 3.63) is 29.8 Å². The molecule has 0 unspecified atom stereocenters. The van der Waals surface area contributed by atoms with E-state index in [9.17, 15) is 13.2 Å². The van der Waals surface area contributed by atoms with Gasteiger partial charge in [-0.25, -0.2) is 17.9 Å². The lowest BCUT2D eigenvalue weighted by atomic mass is 10.1. The minimum absolute atomic E-state index is 0.0457. The molecule has 1 saturated heterocycles. The van der Waals surface area contributed by atoms with Crippen molar-refractivity contribution in [2.45, 2.75) is 17.4 Å². The van der Waals surface area contributed by atoms with Gasteiger partial charge in [0, 0.05) is 25.6 Å². The highest BCUT2D eigenvalue weighted by atomic mass is 32.2. The van der Waals surface area contributed by atoms with E-state index in [0.717, 1.165) is 0 Å². The fourth-order valence-electron chi connectivity index (χ4n) is 2.18. The number of rotatable bonds is 9. The van der Waals surface area contributed by atoms with Gasteiger partial charge in [-0.05, 0) is 12.1 Å². The van der Waals surface area contributed by atoms with Crippen molar-refractivity contribution in [3.8, 4) is 0 Å². The maximum atomic E-state index is 12.2. The van der Waals surface area contributed by atoms with Crippen LogP contribution >= 0.6 is 0 Å². The largest absolute Gasteiger partial charge is 0.464 e. The highest BCUT2D eigenvalue weighted by Gasteiger charge is 2.21. The molecular formula is C16H22N2O7S. The summed E-state index contributed by atoms with van der Waals surface area (Å²) in [6.07, 6.45) is 0.460. The smallest absolute Gasteiger partial charge is 0.360 e. The minimum atomic E-state index is -3.66. The van der Waals surface area contributed by atoms with Gasteiger partial charge >= 0.3 is 5.97 Å². The lowest BCUT2D eigenvalue weighted by Gasteiger charge is -2.10. The number of carbonyl (C=O) groups is 1. The number of benzene rings is 1. The number of nitrogens with one attached hydrogen (secondary N) is 1. The summed E-state index contributed by atoms with van der Waals surface area (Å²) in [6, 6.07) is 5.69. The molecular weight excluding hydrogens is 364 g/mol. The first-order valence-electron chi connectivity index (χ1n) is 7.97. The zero-order valence-corrected chi connectivity index (χ0v) is 15.5. The van der Waals surface area contributed by atoms with Crippen molar-refractivity contribution in [1.29, 1.82) is 0 Å². The molecule has 1 aliphatic rings. The van der Waals surface area contributed by atoms with Gasteiger partial charge in [0.05, 0.1) is 31.8 Å². The van der Waals surface area contributed by atoms with Crippen LogP contribution in [-0.4, -0.2) is 66.8 Å². The first-order chi connectivity index (χ1) is 12.5. The first kappa shape index (κ1) is 20.3. The molecule has 1 fully saturated rings. The Labute approximate surface area is 152 Å². The van der Waals surface area contributed by atoms with Gasteiger partial charge < -0.3 is 19.0 Å². The van der Waals surface area contributed by atoms with Gasteiger partial charge in [-0.2, -0.15) is 0 Å². The molecule has 10 heteroatoms. The maximum absolute atomic E-state index is 12.2. The second-order valence-electron chi connectivity index (χ2n) is 5.44. The zero-order valence-electron chi connectivity index (χ0n) is 14.6. The van der Waals surface area contributed by atoms with Crippen molar-refractivity contribution in [2.75, 3.05) is 40.6 Å². The summed E-state index contributed by atoms with van der Waals surface area (Å²) in [5, 5.41) is 3.88. The van der Waals surface area contributed by atoms with Gasteiger partial charge in [0.15, 0.2) is 11.8 Å². The van der Waals surface area contributed by atoms with Crippen molar-refractivity contribution < 1.29 is 32.3 Å². The molecule has 144 valence electrons. The lowest BCUT2D eigenvalue weighted by Crippen LogP contribution is -2.27. The van der Waals surface area contributed by atoms with Crippen LogP contribution < -0.4 is 4.72 Å².